The first-order valence-electron chi connectivity index (χ1n) is 9.13. The molecule has 0 radical (unpaired) electrons. The van der Waals surface area contributed by atoms with Crippen LogP contribution in [0.2, 0.25) is 0 Å². The molecule has 140 valence electrons. The number of carbonyl (C=O) groups is 1. The van der Waals surface area contributed by atoms with Gasteiger partial charge in [-0.15, -0.1) is 5.10 Å². The van der Waals surface area contributed by atoms with Gasteiger partial charge in [-0.25, -0.2) is 9.48 Å². The van der Waals surface area contributed by atoms with Gasteiger partial charge in [0.15, 0.2) is 5.76 Å². The number of aromatic nitrogens is 3. The van der Waals surface area contributed by atoms with Gasteiger partial charge in [0, 0.05) is 18.2 Å². The maximum atomic E-state index is 12.7. The van der Waals surface area contributed by atoms with E-state index in [9.17, 15) is 9.59 Å². The van der Waals surface area contributed by atoms with Crippen LogP contribution < -0.4 is 11.0 Å². The van der Waals surface area contributed by atoms with Crippen molar-refractivity contribution in [3.05, 3.63) is 63.8 Å². The molecule has 7 heteroatoms. The van der Waals surface area contributed by atoms with Gasteiger partial charge in [0.2, 0.25) is 5.82 Å². The van der Waals surface area contributed by atoms with E-state index in [0.717, 1.165) is 24.0 Å². The molecule has 1 aromatic carbocycles. The van der Waals surface area contributed by atoms with Gasteiger partial charge in [0.1, 0.15) is 0 Å². The normalized spacial score (nSPS) is 13.7. The number of carbonyl (C=O) groups excluding carboxylic acids is 1. The fourth-order valence-corrected chi connectivity index (χ4v) is 3.06. The first-order valence-corrected chi connectivity index (χ1v) is 9.13. The number of nitrogens with one attached hydrogen (secondary N) is 1. The molecule has 27 heavy (non-hydrogen) atoms. The van der Waals surface area contributed by atoms with Gasteiger partial charge >= 0.3 is 5.69 Å². The SMILES string of the molecule is Cc1ccc(C(=O)NCCn2nc(-c3ccco3)n(C3CC3)c2=O)cc1C. The van der Waals surface area contributed by atoms with Crippen LogP contribution >= 0.6 is 0 Å². The molecule has 1 fully saturated rings. The molecule has 1 amide bonds. The van der Waals surface area contributed by atoms with E-state index < -0.39 is 0 Å². The molecular formula is C20H22N4O3. The highest BCUT2D eigenvalue weighted by molar-refractivity contribution is 5.94. The Kier molecular flexibility index (Phi) is 4.43. The fourth-order valence-electron chi connectivity index (χ4n) is 3.06. The lowest BCUT2D eigenvalue weighted by Crippen LogP contribution is -2.32. The molecule has 0 saturated heterocycles. The largest absolute Gasteiger partial charge is 0.461 e. The predicted molar refractivity (Wildman–Crippen MR) is 101 cm³/mol. The highest BCUT2D eigenvalue weighted by Crippen LogP contribution is 2.36. The van der Waals surface area contributed by atoms with Crippen molar-refractivity contribution in [3.63, 3.8) is 0 Å². The standard InChI is InChI=1S/C20H22N4O3/c1-13-5-6-15(12-14(13)2)19(25)21-9-10-23-20(26)24(16-7-8-16)18(22-23)17-4-3-11-27-17/h3-6,11-12,16H,7-10H2,1-2H3,(H,21,25). The van der Waals surface area contributed by atoms with Gasteiger partial charge in [0.25, 0.3) is 5.91 Å². The Morgan fingerprint density at radius 3 is 2.74 bits per heavy atom. The van der Waals surface area contributed by atoms with Gasteiger partial charge in [-0.05, 0) is 62.1 Å². The monoisotopic (exact) mass is 366 g/mol. The molecule has 1 saturated carbocycles. The van der Waals surface area contributed by atoms with Crippen LogP contribution in [0.1, 0.15) is 40.4 Å². The first-order chi connectivity index (χ1) is 13.0. The van der Waals surface area contributed by atoms with E-state index in [2.05, 4.69) is 10.4 Å². The zero-order valence-electron chi connectivity index (χ0n) is 15.4. The summed E-state index contributed by atoms with van der Waals surface area (Å²) in [7, 11) is 0. The van der Waals surface area contributed by atoms with Gasteiger partial charge in [0.05, 0.1) is 12.8 Å². The second-order valence-electron chi connectivity index (χ2n) is 6.96. The molecule has 1 N–H and O–H groups in total. The molecule has 3 aromatic rings. The van der Waals surface area contributed by atoms with Crippen molar-refractivity contribution in [2.75, 3.05) is 6.54 Å². The third kappa shape index (κ3) is 3.45. The van der Waals surface area contributed by atoms with Crippen LogP contribution in [0.4, 0.5) is 0 Å². The Morgan fingerprint density at radius 1 is 1.26 bits per heavy atom. The molecule has 2 aromatic heterocycles. The minimum atomic E-state index is -0.163. The molecule has 0 unspecified atom stereocenters. The summed E-state index contributed by atoms with van der Waals surface area (Å²) in [6, 6.07) is 9.37. The smallest absolute Gasteiger partial charge is 0.346 e. The molecule has 1 aliphatic carbocycles. The molecule has 1 aliphatic rings. The zero-order chi connectivity index (χ0) is 19.0. The number of hydrogen-bond acceptors (Lipinski definition) is 4. The molecule has 0 bridgehead atoms. The summed E-state index contributed by atoms with van der Waals surface area (Å²) >= 11 is 0. The summed E-state index contributed by atoms with van der Waals surface area (Å²) in [5, 5.41) is 7.29. The van der Waals surface area contributed by atoms with Crippen molar-refractivity contribution >= 4 is 5.91 Å². The molecule has 2 heterocycles. The van der Waals surface area contributed by atoms with E-state index >= 15 is 0 Å². The van der Waals surface area contributed by atoms with Gasteiger partial charge < -0.3 is 9.73 Å². The van der Waals surface area contributed by atoms with Crippen LogP contribution in [-0.4, -0.2) is 26.8 Å². The van der Waals surface area contributed by atoms with Crippen LogP contribution in [0, 0.1) is 13.8 Å². The number of hydrogen-bond donors (Lipinski definition) is 1. The number of aryl methyl sites for hydroxylation is 2. The average molecular weight is 366 g/mol. The number of furan rings is 1. The second-order valence-corrected chi connectivity index (χ2v) is 6.96. The summed E-state index contributed by atoms with van der Waals surface area (Å²) in [6.07, 6.45) is 3.52. The third-order valence-electron chi connectivity index (χ3n) is 4.90. The molecule has 0 atom stereocenters. The second kappa shape index (κ2) is 6.90. The van der Waals surface area contributed by atoms with E-state index in [1.165, 1.54) is 4.68 Å². The molecule has 0 spiro atoms. The number of nitrogens with zero attached hydrogens (tertiary/aromatic N) is 3. The van der Waals surface area contributed by atoms with Crippen LogP contribution in [-0.2, 0) is 6.54 Å². The van der Waals surface area contributed by atoms with E-state index in [-0.39, 0.29) is 17.6 Å². The topological polar surface area (TPSA) is 82.1 Å². The molecule has 7 nitrogen and oxygen atoms in total. The van der Waals surface area contributed by atoms with E-state index in [4.69, 9.17) is 4.42 Å². The van der Waals surface area contributed by atoms with Crippen molar-refractivity contribution < 1.29 is 9.21 Å². The Balaban J connectivity index is 1.47. The Hall–Kier alpha value is -3.09. The van der Waals surface area contributed by atoms with Gasteiger partial charge in [-0.3, -0.25) is 9.36 Å². The van der Waals surface area contributed by atoms with Crippen LogP contribution in [0.25, 0.3) is 11.6 Å². The Bertz CT molecular complexity index is 1030. The third-order valence-corrected chi connectivity index (χ3v) is 4.90. The quantitative estimate of drug-likeness (QED) is 0.727. The predicted octanol–water partition coefficient (Wildman–Crippen LogP) is 2.69. The summed E-state index contributed by atoms with van der Waals surface area (Å²) < 4.78 is 8.52. The number of benzene rings is 1. The molecular weight excluding hydrogens is 344 g/mol. The average Bonchev–Trinajstić information content (AvgIpc) is 3.22. The van der Waals surface area contributed by atoms with Crippen molar-refractivity contribution in [2.45, 2.75) is 39.3 Å². The van der Waals surface area contributed by atoms with Crippen molar-refractivity contribution in [2.24, 2.45) is 0 Å². The highest BCUT2D eigenvalue weighted by atomic mass is 16.3. The van der Waals surface area contributed by atoms with E-state index in [1.807, 2.05) is 26.0 Å². The molecule has 4 rings (SSSR count). The van der Waals surface area contributed by atoms with Gasteiger partial charge in [-0.2, -0.15) is 0 Å². The summed E-state index contributed by atoms with van der Waals surface area (Å²) in [6.45, 7) is 4.62. The Morgan fingerprint density at radius 2 is 2.07 bits per heavy atom. The van der Waals surface area contributed by atoms with Crippen LogP contribution in [0.15, 0.2) is 45.8 Å². The van der Waals surface area contributed by atoms with Crippen molar-refractivity contribution in [1.29, 1.82) is 0 Å². The van der Waals surface area contributed by atoms with Crippen molar-refractivity contribution in [3.8, 4) is 11.6 Å². The minimum Gasteiger partial charge on any atom is -0.461 e. The Labute approximate surface area is 156 Å². The lowest BCUT2D eigenvalue weighted by molar-refractivity contribution is 0.0951. The van der Waals surface area contributed by atoms with E-state index in [0.29, 0.717) is 30.2 Å². The molecule has 0 aliphatic heterocycles. The summed E-state index contributed by atoms with van der Waals surface area (Å²) in [4.78, 5) is 25.0. The fraction of sp³-hybridized carbons (Fsp3) is 0.350. The highest BCUT2D eigenvalue weighted by Gasteiger charge is 2.31. The van der Waals surface area contributed by atoms with Crippen molar-refractivity contribution in [1.82, 2.24) is 19.7 Å². The zero-order valence-corrected chi connectivity index (χ0v) is 15.4. The number of rotatable bonds is 6. The summed E-state index contributed by atoms with van der Waals surface area (Å²) in [5.41, 5.74) is 2.67. The minimum absolute atomic E-state index is 0.154. The van der Waals surface area contributed by atoms with Crippen LogP contribution in [0.3, 0.4) is 0 Å². The van der Waals surface area contributed by atoms with Crippen LogP contribution in [0.5, 0.6) is 0 Å². The van der Waals surface area contributed by atoms with Gasteiger partial charge in [-0.1, -0.05) is 6.07 Å². The summed E-state index contributed by atoms with van der Waals surface area (Å²) in [5.74, 6) is 0.976. The lowest BCUT2D eigenvalue weighted by Gasteiger charge is -2.07. The number of amides is 1. The maximum absolute atomic E-state index is 12.7. The first kappa shape index (κ1) is 17.3. The maximum Gasteiger partial charge on any atom is 0.346 e. The van der Waals surface area contributed by atoms with E-state index in [1.54, 1.807) is 29.0 Å². The lowest BCUT2D eigenvalue weighted by atomic mass is 10.1.